The van der Waals surface area contributed by atoms with Crippen molar-refractivity contribution in [3.8, 4) is 6.07 Å². The molecule has 100 valence electrons. The Hall–Kier alpha value is -2.47. The van der Waals surface area contributed by atoms with Gasteiger partial charge in [-0.15, -0.1) is 0 Å². The molecular weight excluding hydrogens is 253 g/mol. The van der Waals surface area contributed by atoms with Crippen molar-refractivity contribution in [1.82, 2.24) is 0 Å². The summed E-state index contributed by atoms with van der Waals surface area (Å²) in [6.07, 6.45) is 0. The molecule has 0 spiro atoms. The quantitative estimate of drug-likeness (QED) is 0.790. The number of carbonyl (C=O) groups is 1. The predicted molar refractivity (Wildman–Crippen MR) is 75.0 cm³/mol. The van der Waals surface area contributed by atoms with E-state index in [4.69, 9.17) is 0 Å². The van der Waals surface area contributed by atoms with Gasteiger partial charge in [0.25, 0.3) is 0 Å². The van der Waals surface area contributed by atoms with Crippen LogP contribution in [0.2, 0.25) is 0 Å². The summed E-state index contributed by atoms with van der Waals surface area (Å²) in [7, 11) is 0. The van der Waals surface area contributed by atoms with Crippen LogP contribution >= 0.6 is 0 Å². The molecule has 0 aliphatic carbocycles. The van der Waals surface area contributed by atoms with Gasteiger partial charge in [0.15, 0.2) is 5.78 Å². The van der Waals surface area contributed by atoms with E-state index in [0.717, 1.165) is 11.1 Å². The van der Waals surface area contributed by atoms with Crippen molar-refractivity contribution in [2.45, 2.75) is 19.8 Å². The maximum Gasteiger partial charge on any atom is 0.184 e. The van der Waals surface area contributed by atoms with Crippen LogP contribution in [0.1, 0.15) is 33.0 Å². The lowest BCUT2D eigenvalue weighted by molar-refractivity contribution is 0.0977. The maximum absolute atomic E-state index is 12.9. The molecule has 0 aliphatic rings. The molecule has 2 rings (SSSR count). The van der Waals surface area contributed by atoms with Gasteiger partial charge in [0.05, 0.1) is 6.07 Å². The maximum atomic E-state index is 12.9. The molecular formula is C17H14FNO. The van der Waals surface area contributed by atoms with E-state index in [1.165, 1.54) is 24.3 Å². The minimum atomic E-state index is -0.907. The number of hydrogen-bond acceptors (Lipinski definition) is 2. The van der Waals surface area contributed by atoms with Crippen LogP contribution in [0.4, 0.5) is 4.39 Å². The fourth-order valence-corrected chi connectivity index (χ4v) is 2.29. The minimum absolute atomic E-state index is 0.241. The highest BCUT2D eigenvalue weighted by molar-refractivity contribution is 6.04. The van der Waals surface area contributed by atoms with Crippen LogP contribution in [0.5, 0.6) is 0 Å². The van der Waals surface area contributed by atoms with Crippen molar-refractivity contribution in [3.63, 3.8) is 0 Å². The first-order valence-electron chi connectivity index (χ1n) is 6.30. The molecule has 0 radical (unpaired) electrons. The first-order valence-corrected chi connectivity index (χ1v) is 6.30. The first kappa shape index (κ1) is 14.0. The Morgan fingerprint density at radius 1 is 1.10 bits per heavy atom. The second-order valence-corrected chi connectivity index (χ2v) is 4.74. The molecule has 0 amide bonds. The summed E-state index contributed by atoms with van der Waals surface area (Å²) in [5, 5.41) is 9.30. The lowest BCUT2D eigenvalue weighted by Gasteiger charge is -2.13. The van der Waals surface area contributed by atoms with E-state index in [2.05, 4.69) is 0 Å². The molecule has 20 heavy (non-hydrogen) atoms. The molecule has 0 fully saturated rings. The molecule has 0 heterocycles. The summed E-state index contributed by atoms with van der Waals surface area (Å²) < 4.78 is 12.9. The summed E-state index contributed by atoms with van der Waals surface area (Å²) in [5.74, 6) is -1.53. The number of nitrogens with zero attached hydrogens (tertiary/aromatic N) is 1. The third kappa shape index (κ3) is 2.60. The highest BCUT2D eigenvalue weighted by atomic mass is 19.1. The van der Waals surface area contributed by atoms with Gasteiger partial charge in [-0.1, -0.05) is 30.3 Å². The summed E-state index contributed by atoms with van der Waals surface area (Å²) in [6, 6.07) is 13.1. The molecule has 0 saturated carbocycles. The van der Waals surface area contributed by atoms with E-state index in [9.17, 15) is 14.4 Å². The number of carbonyl (C=O) groups excluding carboxylic acids is 1. The molecule has 0 saturated heterocycles. The van der Waals surface area contributed by atoms with Crippen LogP contribution in [0.3, 0.4) is 0 Å². The zero-order valence-electron chi connectivity index (χ0n) is 11.4. The van der Waals surface area contributed by atoms with Crippen molar-refractivity contribution in [3.05, 3.63) is 70.5 Å². The second kappa shape index (κ2) is 5.66. The topological polar surface area (TPSA) is 40.9 Å². The smallest absolute Gasteiger partial charge is 0.184 e. The normalized spacial score (nSPS) is 11.7. The number of hydrogen-bond donors (Lipinski definition) is 0. The number of rotatable bonds is 3. The average molecular weight is 267 g/mol. The highest BCUT2D eigenvalue weighted by Gasteiger charge is 2.24. The standard InChI is InChI=1S/C17H14FNO/c1-11-4-3-5-12(2)16(11)17(20)15(10-19)13-6-8-14(18)9-7-13/h3-9,15H,1-2H3. The summed E-state index contributed by atoms with van der Waals surface area (Å²) in [5.41, 5.74) is 2.78. The summed E-state index contributed by atoms with van der Waals surface area (Å²) >= 11 is 0. The molecule has 2 nitrogen and oxygen atoms in total. The molecule has 0 aliphatic heterocycles. The number of Topliss-reactive ketones (excluding diaryl/α,β-unsaturated/α-hetero) is 1. The molecule has 2 aromatic carbocycles. The van der Waals surface area contributed by atoms with Crippen LogP contribution < -0.4 is 0 Å². The third-order valence-corrected chi connectivity index (χ3v) is 3.32. The van der Waals surface area contributed by atoms with Gasteiger partial charge in [0.1, 0.15) is 11.7 Å². The van der Waals surface area contributed by atoms with Crippen LogP contribution in [0.15, 0.2) is 42.5 Å². The highest BCUT2D eigenvalue weighted by Crippen LogP contribution is 2.24. The molecule has 0 aromatic heterocycles. The van der Waals surface area contributed by atoms with Crippen LogP contribution in [-0.2, 0) is 0 Å². The zero-order valence-corrected chi connectivity index (χ0v) is 11.4. The lowest BCUT2D eigenvalue weighted by atomic mass is 9.88. The lowest BCUT2D eigenvalue weighted by Crippen LogP contribution is -2.14. The Bertz CT molecular complexity index is 663. The molecule has 3 heteroatoms. The monoisotopic (exact) mass is 267 g/mol. The second-order valence-electron chi connectivity index (χ2n) is 4.74. The van der Waals surface area contributed by atoms with E-state index in [-0.39, 0.29) is 11.6 Å². The predicted octanol–water partition coefficient (Wildman–Crippen LogP) is 3.93. The summed E-state index contributed by atoms with van der Waals surface area (Å²) in [4.78, 5) is 12.6. The molecule has 0 N–H and O–H groups in total. The number of nitriles is 1. The number of halogens is 1. The Labute approximate surface area is 117 Å². The molecule has 1 atom stereocenters. The Morgan fingerprint density at radius 2 is 1.65 bits per heavy atom. The largest absolute Gasteiger partial charge is 0.292 e. The van der Waals surface area contributed by atoms with E-state index in [0.29, 0.717) is 11.1 Å². The van der Waals surface area contributed by atoms with Crippen molar-refractivity contribution < 1.29 is 9.18 Å². The van der Waals surface area contributed by atoms with Gasteiger partial charge in [-0.3, -0.25) is 4.79 Å². The van der Waals surface area contributed by atoms with Crippen LogP contribution in [0, 0.1) is 31.0 Å². The molecule has 2 aromatic rings. The average Bonchev–Trinajstić information content (AvgIpc) is 2.41. The van der Waals surface area contributed by atoms with E-state index in [1.54, 1.807) is 0 Å². The Kier molecular flexibility index (Phi) is 3.95. The molecule has 0 bridgehead atoms. The Morgan fingerprint density at radius 3 is 2.15 bits per heavy atom. The van der Waals surface area contributed by atoms with Gasteiger partial charge in [0.2, 0.25) is 0 Å². The minimum Gasteiger partial charge on any atom is -0.292 e. The zero-order chi connectivity index (χ0) is 14.7. The van der Waals surface area contributed by atoms with E-state index >= 15 is 0 Å². The molecule has 1 unspecified atom stereocenters. The van der Waals surface area contributed by atoms with Crippen molar-refractivity contribution >= 4 is 5.78 Å². The SMILES string of the molecule is Cc1cccc(C)c1C(=O)C(C#N)c1ccc(F)cc1. The number of aryl methyl sites for hydroxylation is 2. The third-order valence-electron chi connectivity index (χ3n) is 3.32. The van der Waals surface area contributed by atoms with Gasteiger partial charge in [0, 0.05) is 5.56 Å². The Balaban J connectivity index is 2.45. The van der Waals surface area contributed by atoms with Gasteiger partial charge in [-0.05, 0) is 42.7 Å². The van der Waals surface area contributed by atoms with Crippen molar-refractivity contribution in [2.75, 3.05) is 0 Å². The van der Waals surface area contributed by atoms with Gasteiger partial charge in [-0.25, -0.2) is 4.39 Å². The van der Waals surface area contributed by atoms with Gasteiger partial charge in [-0.2, -0.15) is 5.26 Å². The van der Waals surface area contributed by atoms with E-state index in [1.807, 2.05) is 38.1 Å². The fraction of sp³-hybridized carbons (Fsp3) is 0.176. The van der Waals surface area contributed by atoms with Gasteiger partial charge >= 0.3 is 0 Å². The van der Waals surface area contributed by atoms with Gasteiger partial charge < -0.3 is 0 Å². The summed E-state index contributed by atoms with van der Waals surface area (Å²) in [6.45, 7) is 3.69. The van der Waals surface area contributed by atoms with E-state index < -0.39 is 5.92 Å². The van der Waals surface area contributed by atoms with Crippen molar-refractivity contribution in [2.24, 2.45) is 0 Å². The number of ketones is 1. The number of benzene rings is 2. The van der Waals surface area contributed by atoms with Crippen LogP contribution in [-0.4, -0.2) is 5.78 Å². The van der Waals surface area contributed by atoms with Crippen molar-refractivity contribution in [1.29, 1.82) is 5.26 Å². The fourth-order valence-electron chi connectivity index (χ4n) is 2.29. The van der Waals surface area contributed by atoms with Crippen LogP contribution in [0.25, 0.3) is 0 Å². The first-order chi connectivity index (χ1) is 9.54.